The molecule has 1 aromatic carbocycles. The summed E-state index contributed by atoms with van der Waals surface area (Å²) in [5.74, 6) is 0.285. The third-order valence-corrected chi connectivity index (χ3v) is 9.25. The molecule has 4 N–H and O–H groups in total. The summed E-state index contributed by atoms with van der Waals surface area (Å²) in [4.78, 5) is 10.2. The van der Waals surface area contributed by atoms with Gasteiger partial charge >= 0.3 is 0 Å². The Hall–Kier alpha value is -4.07. The molecule has 3 atom stereocenters. The molecule has 0 aliphatic rings. The summed E-state index contributed by atoms with van der Waals surface area (Å²) in [5, 5.41) is 18.9. The average Bonchev–Trinajstić information content (AvgIpc) is 3.38. The predicted octanol–water partition coefficient (Wildman–Crippen LogP) is 2.47. The van der Waals surface area contributed by atoms with Crippen LogP contribution in [0.4, 0.5) is 5.95 Å². The lowest BCUT2D eigenvalue weighted by atomic mass is 10.1. The highest BCUT2D eigenvalue weighted by atomic mass is 32.2. The second-order valence-electron chi connectivity index (χ2n) is 11.1. The van der Waals surface area contributed by atoms with Crippen LogP contribution in [-0.4, -0.2) is 83.3 Å². The van der Waals surface area contributed by atoms with Crippen molar-refractivity contribution in [2.24, 2.45) is 0 Å². The Bertz CT molecular complexity index is 1790. The second kappa shape index (κ2) is 13.7. The summed E-state index contributed by atoms with van der Waals surface area (Å²) in [6.07, 6.45) is 4.41. The van der Waals surface area contributed by atoms with Gasteiger partial charge in [-0.1, -0.05) is 6.07 Å². The van der Waals surface area contributed by atoms with Crippen molar-refractivity contribution in [3.05, 3.63) is 66.0 Å². The Morgan fingerprint density at radius 3 is 2.17 bits per heavy atom. The van der Waals surface area contributed by atoms with Crippen molar-refractivity contribution in [1.82, 2.24) is 34.4 Å². The fraction of sp³-hybridized carbons (Fsp3) is 0.393. The van der Waals surface area contributed by atoms with Crippen LogP contribution < -0.4 is 18.9 Å². The number of hydrogen-bond acceptors (Lipinski definition) is 12. The standard InChI is InChI=1S/C28H36N8O8S2/c1-17-11-19(15-29-12-17)25-32-33-26(36(25)22-20(42-6)9-8-10-21(22)43-7)34-46(40,41)28(5,35-45(38)39)23(44-16-27(3,4)37)24-30-13-18(2)14-31-24/h8-15,23,35,37H,16H2,1-7H3,(H,33,34)(H,38,39)/t23-,28+/m1/s1. The highest BCUT2D eigenvalue weighted by Gasteiger charge is 2.52. The third kappa shape index (κ3) is 7.48. The number of aliphatic hydroxyl groups is 1. The molecule has 0 aliphatic heterocycles. The maximum absolute atomic E-state index is 14.5. The van der Waals surface area contributed by atoms with E-state index in [-0.39, 0.29) is 23.3 Å². The predicted molar refractivity (Wildman–Crippen MR) is 169 cm³/mol. The maximum Gasteiger partial charge on any atom is 0.257 e. The SMILES string of the molecule is COc1cccc(OC)c1-n1c(NS(=O)(=O)[C@](C)(NS(=O)O)[C@H](OCC(C)(C)O)c2ncc(C)cn2)nnc1-c1cncc(C)c1. The van der Waals surface area contributed by atoms with Crippen molar-refractivity contribution < 1.29 is 36.5 Å². The van der Waals surface area contributed by atoms with Crippen LogP contribution in [0.25, 0.3) is 17.1 Å². The molecule has 0 spiro atoms. The quantitative estimate of drug-likeness (QED) is 0.142. The van der Waals surface area contributed by atoms with E-state index < -0.39 is 44.5 Å². The summed E-state index contributed by atoms with van der Waals surface area (Å²) >= 11 is -2.90. The Labute approximate surface area is 269 Å². The van der Waals surface area contributed by atoms with Crippen LogP contribution in [0, 0.1) is 13.8 Å². The van der Waals surface area contributed by atoms with Crippen LogP contribution in [0.3, 0.4) is 0 Å². The molecule has 18 heteroatoms. The van der Waals surface area contributed by atoms with Gasteiger partial charge in [0.15, 0.2) is 22.6 Å². The molecule has 16 nitrogen and oxygen atoms in total. The van der Waals surface area contributed by atoms with Crippen LogP contribution in [0.15, 0.2) is 49.1 Å². The van der Waals surface area contributed by atoms with Crippen LogP contribution in [0.2, 0.25) is 0 Å². The van der Waals surface area contributed by atoms with E-state index >= 15 is 0 Å². The molecule has 0 radical (unpaired) electrons. The Morgan fingerprint density at radius 2 is 1.63 bits per heavy atom. The molecule has 1 unspecified atom stereocenters. The molecule has 0 saturated carbocycles. The van der Waals surface area contributed by atoms with E-state index in [1.54, 1.807) is 37.4 Å². The fourth-order valence-electron chi connectivity index (χ4n) is 4.43. The molecule has 0 aliphatic carbocycles. The summed E-state index contributed by atoms with van der Waals surface area (Å²) in [6, 6.07) is 6.75. The zero-order chi connectivity index (χ0) is 33.9. The first kappa shape index (κ1) is 34.8. The van der Waals surface area contributed by atoms with Crippen molar-refractivity contribution in [2.75, 3.05) is 25.5 Å². The lowest BCUT2D eigenvalue weighted by molar-refractivity contribution is -0.0694. The van der Waals surface area contributed by atoms with E-state index in [9.17, 15) is 22.3 Å². The number of sulfonamides is 1. The highest BCUT2D eigenvalue weighted by molar-refractivity contribution is 7.94. The molecule has 3 aromatic heterocycles. The largest absolute Gasteiger partial charge is 0.494 e. The molecular formula is C28H36N8O8S2. The molecule has 46 heavy (non-hydrogen) atoms. The minimum Gasteiger partial charge on any atom is -0.494 e. The summed E-state index contributed by atoms with van der Waals surface area (Å²) < 4.78 is 74.3. The van der Waals surface area contributed by atoms with Gasteiger partial charge in [-0.05, 0) is 63.9 Å². The molecule has 0 saturated heterocycles. The van der Waals surface area contributed by atoms with Gasteiger partial charge in [0.2, 0.25) is 17.2 Å². The Morgan fingerprint density at radius 1 is 1.00 bits per heavy atom. The Kier molecular flexibility index (Phi) is 10.4. The first-order valence-electron chi connectivity index (χ1n) is 13.7. The van der Waals surface area contributed by atoms with Crippen LogP contribution in [-0.2, 0) is 26.0 Å². The van der Waals surface area contributed by atoms with Gasteiger partial charge in [-0.3, -0.25) is 14.1 Å². The number of rotatable bonds is 14. The molecule has 3 heterocycles. The van der Waals surface area contributed by atoms with E-state index in [4.69, 9.17) is 14.2 Å². The number of hydrogen-bond donors (Lipinski definition) is 4. The van der Waals surface area contributed by atoms with E-state index in [0.29, 0.717) is 22.6 Å². The number of para-hydroxylation sites is 1. The molecule has 248 valence electrons. The first-order valence-corrected chi connectivity index (χ1v) is 16.3. The van der Waals surface area contributed by atoms with Gasteiger partial charge < -0.3 is 19.3 Å². The van der Waals surface area contributed by atoms with Gasteiger partial charge in [-0.25, -0.2) is 27.3 Å². The summed E-state index contributed by atoms with van der Waals surface area (Å²) in [7, 11) is -1.99. The van der Waals surface area contributed by atoms with Gasteiger partial charge in [0, 0.05) is 30.4 Å². The van der Waals surface area contributed by atoms with Gasteiger partial charge in [0.05, 0.1) is 26.4 Å². The highest BCUT2D eigenvalue weighted by Crippen LogP contribution is 2.39. The fourth-order valence-corrected chi connectivity index (χ4v) is 6.58. The number of nitrogens with one attached hydrogen (secondary N) is 2. The van der Waals surface area contributed by atoms with Crippen LogP contribution >= 0.6 is 0 Å². The topological polar surface area (TPSA) is 213 Å². The van der Waals surface area contributed by atoms with Crippen molar-refractivity contribution in [2.45, 2.75) is 51.2 Å². The number of ether oxygens (including phenoxy) is 3. The van der Waals surface area contributed by atoms with Gasteiger partial charge in [0.1, 0.15) is 17.2 Å². The number of benzene rings is 1. The number of pyridine rings is 1. The zero-order valence-electron chi connectivity index (χ0n) is 26.2. The van der Waals surface area contributed by atoms with Gasteiger partial charge in [-0.15, -0.1) is 10.2 Å². The lowest BCUT2D eigenvalue weighted by Gasteiger charge is -2.36. The second-order valence-corrected chi connectivity index (χ2v) is 13.9. The van der Waals surface area contributed by atoms with Gasteiger partial charge in [-0.2, -0.15) is 4.72 Å². The number of aryl methyl sites for hydroxylation is 2. The van der Waals surface area contributed by atoms with E-state index in [1.807, 2.05) is 6.92 Å². The van der Waals surface area contributed by atoms with Gasteiger partial charge in [0.25, 0.3) is 10.0 Å². The smallest absolute Gasteiger partial charge is 0.257 e. The summed E-state index contributed by atoms with van der Waals surface area (Å²) in [6.45, 7) is 7.20. The van der Waals surface area contributed by atoms with E-state index in [1.165, 1.54) is 51.2 Å². The molecule has 4 rings (SSSR count). The summed E-state index contributed by atoms with van der Waals surface area (Å²) in [5.41, 5.74) is 0.791. The number of aromatic nitrogens is 6. The number of anilines is 1. The Balaban J connectivity index is 1.95. The minimum absolute atomic E-state index is 0.139. The molecule has 0 fully saturated rings. The third-order valence-electron chi connectivity index (χ3n) is 6.63. The van der Waals surface area contributed by atoms with Crippen molar-refractivity contribution in [1.29, 1.82) is 0 Å². The maximum atomic E-state index is 14.5. The monoisotopic (exact) mass is 676 g/mol. The van der Waals surface area contributed by atoms with E-state index in [2.05, 4.69) is 34.6 Å². The van der Waals surface area contributed by atoms with Crippen LogP contribution in [0.1, 0.15) is 43.8 Å². The molecule has 0 bridgehead atoms. The normalized spacial score (nSPS) is 14.7. The average molecular weight is 677 g/mol. The molecule has 4 aromatic rings. The first-order chi connectivity index (χ1) is 21.6. The minimum atomic E-state index is -4.86. The van der Waals surface area contributed by atoms with Crippen molar-refractivity contribution in [3.8, 4) is 28.6 Å². The molecular weight excluding hydrogens is 640 g/mol. The number of nitrogens with zero attached hydrogens (tertiary/aromatic N) is 6. The lowest BCUT2D eigenvalue weighted by Crippen LogP contribution is -2.58. The zero-order valence-corrected chi connectivity index (χ0v) is 27.9. The molecule has 0 amide bonds. The van der Waals surface area contributed by atoms with Crippen LogP contribution in [0.5, 0.6) is 11.5 Å². The van der Waals surface area contributed by atoms with E-state index in [0.717, 1.165) is 12.5 Å². The van der Waals surface area contributed by atoms with Crippen molar-refractivity contribution in [3.63, 3.8) is 0 Å². The number of methoxy groups -OCH3 is 2. The van der Waals surface area contributed by atoms with Crippen molar-refractivity contribution >= 4 is 27.2 Å².